The Labute approximate surface area is 284 Å². The van der Waals surface area contributed by atoms with Gasteiger partial charge in [-0.3, -0.25) is 4.79 Å². The molecule has 252 valence electrons. The van der Waals surface area contributed by atoms with E-state index in [2.05, 4.69) is 41.4 Å². The molecule has 2 fully saturated rings. The summed E-state index contributed by atoms with van der Waals surface area (Å²) in [6.45, 7) is 9.23. The van der Waals surface area contributed by atoms with E-state index in [4.69, 9.17) is 30.5 Å². The van der Waals surface area contributed by atoms with Crippen LogP contribution in [0.25, 0.3) is 22.6 Å². The van der Waals surface area contributed by atoms with Crippen molar-refractivity contribution in [3.63, 3.8) is 0 Å². The van der Waals surface area contributed by atoms with Crippen molar-refractivity contribution in [2.24, 2.45) is 0 Å². The molecule has 1 amide bonds. The molecule has 48 heavy (non-hydrogen) atoms. The van der Waals surface area contributed by atoms with Gasteiger partial charge in [0.2, 0.25) is 5.91 Å². The summed E-state index contributed by atoms with van der Waals surface area (Å²) in [6.07, 6.45) is 10.6. The summed E-state index contributed by atoms with van der Waals surface area (Å²) in [7, 11) is 2.19. The van der Waals surface area contributed by atoms with Crippen molar-refractivity contribution in [1.29, 1.82) is 5.26 Å². The first kappa shape index (κ1) is 31.3. The van der Waals surface area contributed by atoms with Crippen LogP contribution < -0.4 is 10.6 Å². The third-order valence-electron chi connectivity index (χ3n) is 11.7. The van der Waals surface area contributed by atoms with Crippen molar-refractivity contribution in [3.8, 4) is 17.6 Å². The van der Waals surface area contributed by atoms with Crippen LogP contribution in [0.5, 0.6) is 0 Å². The quantitative estimate of drug-likeness (QED) is 0.296. The highest BCUT2D eigenvalue weighted by atomic mass is 32.1. The Hall–Kier alpha value is -4.02. The Morgan fingerprint density at radius 3 is 2.75 bits per heavy atom. The van der Waals surface area contributed by atoms with Gasteiger partial charge in [0.25, 0.3) is 0 Å². The molecule has 2 aliphatic carbocycles. The Morgan fingerprint density at radius 1 is 1.23 bits per heavy atom. The molecule has 2 aliphatic heterocycles. The van der Waals surface area contributed by atoms with Gasteiger partial charge in [0, 0.05) is 49.1 Å². The number of likely N-dealkylation sites (N-methyl/N-ethyl adjacent to an activating group) is 2. The second-order valence-corrected chi connectivity index (χ2v) is 15.3. The number of thiophene rings is 1. The number of likely N-dealkylation sites (tertiary alicyclic amines) is 2. The number of aromatic nitrogens is 5. The summed E-state index contributed by atoms with van der Waals surface area (Å²) in [5.41, 5.74) is 10.1. The first-order chi connectivity index (χ1) is 23.3. The van der Waals surface area contributed by atoms with E-state index < -0.39 is 5.41 Å². The van der Waals surface area contributed by atoms with Crippen LogP contribution in [0, 0.1) is 11.3 Å². The third-order valence-corrected chi connectivity index (χ3v) is 12.8. The normalized spacial score (nSPS) is 24.6. The number of nitrogen functional groups attached to an aromatic ring is 1. The summed E-state index contributed by atoms with van der Waals surface area (Å²) >= 11 is 1.55. The molecular formula is C35H44N10O2S. The molecule has 8 rings (SSSR count). The lowest BCUT2D eigenvalue weighted by molar-refractivity contribution is -0.127. The van der Waals surface area contributed by atoms with Gasteiger partial charge in [-0.25, -0.2) is 14.6 Å². The number of aryl methyl sites for hydroxylation is 1. The average molecular weight is 669 g/mol. The molecule has 12 nitrogen and oxygen atoms in total. The molecule has 4 aromatic heterocycles. The third kappa shape index (κ3) is 4.66. The fraction of sp³-hybridized carbons (Fsp3) is 0.600. The SMILES string of the molecule is CCN(c1nc(-c2noc3c2CCC[C@@]32CCCc3sc(N)c(C#N)c32)nc2c1cnn2[C@@H](C)[C@@H]1CCCN1C)[C@H]1CCN(C(C)=O)C1. The smallest absolute Gasteiger partial charge is 0.219 e. The minimum absolute atomic E-state index is 0.102. The molecule has 4 aliphatic rings. The van der Waals surface area contributed by atoms with Crippen LogP contribution in [-0.2, 0) is 23.1 Å². The summed E-state index contributed by atoms with van der Waals surface area (Å²) in [4.78, 5) is 30.7. The fourth-order valence-corrected chi connectivity index (χ4v) is 10.5. The molecule has 0 saturated carbocycles. The van der Waals surface area contributed by atoms with Crippen LogP contribution in [-0.4, -0.2) is 85.9 Å². The zero-order valence-corrected chi connectivity index (χ0v) is 29.1. The minimum Gasteiger partial charge on any atom is -0.389 e. The molecule has 0 unspecified atom stereocenters. The minimum atomic E-state index is -0.419. The maximum Gasteiger partial charge on any atom is 0.219 e. The van der Waals surface area contributed by atoms with Crippen LogP contribution in [0.15, 0.2) is 10.7 Å². The molecular weight excluding hydrogens is 625 g/mol. The molecule has 0 bridgehead atoms. The Bertz CT molecular complexity index is 1930. The molecule has 2 N–H and O–H groups in total. The van der Waals surface area contributed by atoms with E-state index in [9.17, 15) is 10.1 Å². The van der Waals surface area contributed by atoms with E-state index >= 15 is 0 Å². The van der Waals surface area contributed by atoms with Crippen LogP contribution in [0.1, 0.15) is 99.1 Å². The van der Waals surface area contributed by atoms with Gasteiger partial charge in [-0.1, -0.05) is 5.16 Å². The van der Waals surface area contributed by atoms with Crippen LogP contribution in [0.3, 0.4) is 0 Å². The van der Waals surface area contributed by atoms with Gasteiger partial charge in [0.15, 0.2) is 22.9 Å². The van der Waals surface area contributed by atoms with Gasteiger partial charge in [-0.2, -0.15) is 10.4 Å². The monoisotopic (exact) mass is 668 g/mol. The van der Waals surface area contributed by atoms with E-state index in [1.807, 2.05) is 11.1 Å². The summed E-state index contributed by atoms with van der Waals surface area (Å²) in [5, 5.41) is 21.4. The summed E-state index contributed by atoms with van der Waals surface area (Å²) in [5.74, 6) is 2.31. The molecule has 1 spiro atoms. The average Bonchev–Trinajstić information content (AvgIpc) is 3.91. The number of fused-ring (bicyclic) bond motifs is 5. The molecule has 6 heterocycles. The van der Waals surface area contributed by atoms with Crippen molar-refractivity contribution in [2.45, 2.75) is 102 Å². The van der Waals surface area contributed by atoms with Gasteiger partial charge in [-0.15, -0.1) is 11.3 Å². The number of rotatable bonds is 6. The van der Waals surface area contributed by atoms with Crippen LogP contribution >= 0.6 is 11.3 Å². The van der Waals surface area contributed by atoms with E-state index in [1.165, 1.54) is 11.3 Å². The lowest BCUT2D eigenvalue weighted by atomic mass is 9.63. The first-order valence-corrected chi connectivity index (χ1v) is 18.4. The number of hydrogen-bond acceptors (Lipinski definition) is 11. The predicted molar refractivity (Wildman–Crippen MR) is 185 cm³/mol. The van der Waals surface area contributed by atoms with Gasteiger partial charge < -0.3 is 25.0 Å². The van der Waals surface area contributed by atoms with E-state index in [0.717, 1.165) is 105 Å². The predicted octanol–water partition coefficient (Wildman–Crippen LogP) is 5.06. The zero-order chi connectivity index (χ0) is 33.3. The molecule has 0 radical (unpaired) electrons. The standard InChI is InChI=1S/C35H44N10O2S/c1-5-44(22-12-16-43(19-22)21(3)46)33-25-18-38-45(20(2)26-10-8-15-42(26)4)34(25)40-32(39-33)29-23-9-6-13-35(30(23)47-41-29)14-7-11-27-28(35)24(17-36)31(37)48-27/h18,20,22,26H,5-16,19,37H2,1-4H3/t20-,22-,26-,35-/m0/s1. The van der Waals surface area contributed by atoms with Gasteiger partial charge in [0.1, 0.15) is 16.9 Å². The molecule has 13 heteroatoms. The van der Waals surface area contributed by atoms with E-state index in [0.29, 0.717) is 34.7 Å². The number of hydrogen-bond donors (Lipinski definition) is 1. The summed E-state index contributed by atoms with van der Waals surface area (Å²) < 4.78 is 8.45. The molecule has 0 aromatic carbocycles. The Morgan fingerprint density at radius 2 is 2.04 bits per heavy atom. The lowest BCUT2D eigenvalue weighted by Gasteiger charge is -2.39. The number of nitrogens with two attached hydrogens (primary N) is 1. The number of nitrogens with zero attached hydrogens (tertiary/aromatic N) is 9. The topological polar surface area (TPSA) is 146 Å². The molecule has 2 saturated heterocycles. The van der Waals surface area contributed by atoms with Gasteiger partial charge in [0.05, 0.1) is 28.6 Å². The highest BCUT2D eigenvalue weighted by Crippen LogP contribution is 2.55. The number of nitriles is 1. The highest BCUT2D eigenvalue weighted by Gasteiger charge is 2.49. The molecule has 4 atom stereocenters. The number of carbonyl (C=O) groups is 1. The van der Waals surface area contributed by atoms with Crippen LogP contribution in [0.2, 0.25) is 0 Å². The van der Waals surface area contributed by atoms with Crippen molar-refractivity contribution < 1.29 is 9.32 Å². The highest BCUT2D eigenvalue weighted by molar-refractivity contribution is 7.16. The second kappa shape index (κ2) is 11.8. The Balaban J connectivity index is 1.29. The first-order valence-electron chi connectivity index (χ1n) is 17.5. The lowest BCUT2D eigenvalue weighted by Crippen LogP contribution is -2.39. The van der Waals surface area contributed by atoms with E-state index in [1.54, 1.807) is 18.3 Å². The second-order valence-electron chi connectivity index (χ2n) is 14.2. The largest absolute Gasteiger partial charge is 0.389 e. The van der Waals surface area contributed by atoms with Crippen molar-refractivity contribution in [2.75, 3.05) is 43.9 Å². The van der Waals surface area contributed by atoms with Gasteiger partial charge >= 0.3 is 0 Å². The number of amides is 1. The van der Waals surface area contributed by atoms with E-state index in [-0.39, 0.29) is 18.0 Å². The molecule has 4 aromatic rings. The maximum absolute atomic E-state index is 12.3. The van der Waals surface area contributed by atoms with Crippen molar-refractivity contribution in [1.82, 2.24) is 34.7 Å². The Kier molecular flexibility index (Phi) is 7.71. The fourth-order valence-electron chi connectivity index (χ4n) is 9.32. The zero-order valence-electron chi connectivity index (χ0n) is 28.3. The number of carbonyl (C=O) groups excluding carboxylic acids is 1. The van der Waals surface area contributed by atoms with Crippen molar-refractivity contribution >= 4 is 39.1 Å². The maximum atomic E-state index is 12.3. The number of anilines is 2. The van der Waals surface area contributed by atoms with Gasteiger partial charge in [-0.05, 0) is 90.8 Å². The van der Waals surface area contributed by atoms with Crippen LogP contribution in [0.4, 0.5) is 10.8 Å². The van der Waals surface area contributed by atoms with Crippen molar-refractivity contribution in [3.05, 3.63) is 33.5 Å². The summed E-state index contributed by atoms with van der Waals surface area (Å²) in [6, 6.07) is 3.04.